The number of carbonyl (C=O) groups excluding carboxylic acids is 1. The summed E-state index contributed by atoms with van der Waals surface area (Å²) in [5.41, 5.74) is 7.49. The van der Waals surface area contributed by atoms with Gasteiger partial charge in [0.25, 0.3) is 5.91 Å². The van der Waals surface area contributed by atoms with Crippen molar-refractivity contribution in [2.45, 2.75) is 39.2 Å². The molecule has 0 aliphatic rings. The topological polar surface area (TPSA) is 68.0 Å². The summed E-state index contributed by atoms with van der Waals surface area (Å²) in [5, 5.41) is 3.92. The predicted octanol–water partition coefficient (Wildman–Crippen LogP) is 3.13. The van der Waals surface area contributed by atoms with Gasteiger partial charge in [0, 0.05) is 16.6 Å². The molecule has 0 unspecified atom stereocenters. The first-order chi connectivity index (χ1) is 9.49. The van der Waals surface area contributed by atoms with Crippen LogP contribution in [-0.2, 0) is 0 Å². The minimum Gasteiger partial charge on any atom is -0.398 e. The standard InChI is InChI=1S/C16H21N3O/c1-4-16(3,5-2)19-15(20)14-10-12(17)11-8-6-7-9-13(11)18-14/h6-10H,4-5H2,1-3H3,(H2,17,18)(H,19,20). The Morgan fingerprint density at radius 2 is 1.95 bits per heavy atom. The Bertz CT molecular complexity index is 633. The average Bonchev–Trinajstić information content (AvgIpc) is 2.47. The van der Waals surface area contributed by atoms with Crippen LogP contribution in [0.3, 0.4) is 0 Å². The fraction of sp³-hybridized carbons (Fsp3) is 0.375. The molecule has 0 aliphatic heterocycles. The molecule has 1 aromatic heterocycles. The van der Waals surface area contributed by atoms with Crippen molar-refractivity contribution in [2.24, 2.45) is 0 Å². The lowest BCUT2D eigenvalue weighted by Crippen LogP contribution is -2.45. The zero-order valence-electron chi connectivity index (χ0n) is 12.2. The molecule has 1 heterocycles. The second-order valence-corrected chi connectivity index (χ2v) is 5.34. The van der Waals surface area contributed by atoms with Crippen LogP contribution in [0, 0.1) is 0 Å². The number of benzene rings is 1. The Kier molecular flexibility index (Phi) is 3.93. The van der Waals surface area contributed by atoms with Crippen molar-refractivity contribution in [1.82, 2.24) is 10.3 Å². The van der Waals surface area contributed by atoms with Gasteiger partial charge in [0.2, 0.25) is 0 Å². The molecule has 1 amide bonds. The maximum Gasteiger partial charge on any atom is 0.270 e. The molecule has 2 aromatic rings. The Morgan fingerprint density at radius 3 is 2.60 bits per heavy atom. The van der Waals surface area contributed by atoms with Crippen molar-refractivity contribution in [3.05, 3.63) is 36.0 Å². The molecule has 0 atom stereocenters. The van der Waals surface area contributed by atoms with Gasteiger partial charge < -0.3 is 11.1 Å². The monoisotopic (exact) mass is 271 g/mol. The molecule has 0 fully saturated rings. The first kappa shape index (κ1) is 14.3. The van der Waals surface area contributed by atoms with Crippen LogP contribution in [0.15, 0.2) is 30.3 Å². The van der Waals surface area contributed by atoms with E-state index in [1.54, 1.807) is 6.07 Å². The minimum atomic E-state index is -0.209. The summed E-state index contributed by atoms with van der Waals surface area (Å²) in [5.74, 6) is -0.173. The fourth-order valence-electron chi connectivity index (χ4n) is 2.08. The number of pyridine rings is 1. The van der Waals surface area contributed by atoms with Gasteiger partial charge in [0.1, 0.15) is 5.69 Å². The van der Waals surface area contributed by atoms with Crippen LogP contribution in [0.2, 0.25) is 0 Å². The summed E-state index contributed by atoms with van der Waals surface area (Å²) in [6.45, 7) is 6.16. The number of hydrogen-bond donors (Lipinski definition) is 2. The van der Waals surface area contributed by atoms with Gasteiger partial charge in [0.15, 0.2) is 0 Å². The van der Waals surface area contributed by atoms with E-state index in [9.17, 15) is 4.79 Å². The summed E-state index contributed by atoms with van der Waals surface area (Å²) in [6.07, 6.45) is 1.75. The third-order valence-electron chi connectivity index (χ3n) is 3.96. The zero-order valence-corrected chi connectivity index (χ0v) is 12.2. The molecule has 2 rings (SSSR count). The van der Waals surface area contributed by atoms with E-state index in [1.165, 1.54) is 0 Å². The number of nitrogens with zero attached hydrogens (tertiary/aromatic N) is 1. The second-order valence-electron chi connectivity index (χ2n) is 5.34. The van der Waals surface area contributed by atoms with Crippen molar-refractivity contribution in [3.8, 4) is 0 Å². The number of anilines is 1. The van der Waals surface area contributed by atoms with Crippen molar-refractivity contribution in [2.75, 3.05) is 5.73 Å². The van der Waals surface area contributed by atoms with Crippen molar-refractivity contribution >= 4 is 22.5 Å². The van der Waals surface area contributed by atoms with Gasteiger partial charge in [-0.25, -0.2) is 4.98 Å². The molecule has 4 heteroatoms. The van der Waals surface area contributed by atoms with E-state index in [0.29, 0.717) is 11.4 Å². The SMILES string of the molecule is CCC(C)(CC)NC(=O)c1cc(N)c2ccccc2n1. The fourth-order valence-corrected chi connectivity index (χ4v) is 2.08. The Labute approximate surface area is 119 Å². The maximum atomic E-state index is 12.3. The number of para-hydroxylation sites is 1. The van der Waals surface area contributed by atoms with Gasteiger partial charge in [0.05, 0.1) is 5.52 Å². The normalized spacial score (nSPS) is 11.6. The largest absolute Gasteiger partial charge is 0.398 e. The van der Waals surface area contributed by atoms with E-state index in [0.717, 1.165) is 23.7 Å². The molecule has 0 radical (unpaired) electrons. The van der Waals surface area contributed by atoms with Gasteiger partial charge in [-0.2, -0.15) is 0 Å². The van der Waals surface area contributed by atoms with E-state index in [2.05, 4.69) is 24.1 Å². The lowest BCUT2D eigenvalue weighted by atomic mass is 9.95. The van der Waals surface area contributed by atoms with Crippen LogP contribution in [-0.4, -0.2) is 16.4 Å². The summed E-state index contributed by atoms with van der Waals surface area (Å²) < 4.78 is 0. The zero-order chi connectivity index (χ0) is 14.8. The number of aromatic nitrogens is 1. The second kappa shape index (κ2) is 5.49. The quantitative estimate of drug-likeness (QED) is 0.897. The summed E-state index contributed by atoms with van der Waals surface area (Å²) in [4.78, 5) is 16.7. The highest BCUT2D eigenvalue weighted by Gasteiger charge is 2.23. The molecular weight excluding hydrogens is 250 g/mol. The highest BCUT2D eigenvalue weighted by atomic mass is 16.2. The van der Waals surface area contributed by atoms with Gasteiger partial charge in [-0.15, -0.1) is 0 Å². The molecule has 0 aliphatic carbocycles. The Balaban J connectivity index is 2.36. The number of nitrogen functional groups attached to an aromatic ring is 1. The number of fused-ring (bicyclic) bond motifs is 1. The van der Waals surface area contributed by atoms with E-state index in [-0.39, 0.29) is 11.4 Å². The van der Waals surface area contributed by atoms with Crippen LogP contribution in [0.25, 0.3) is 10.9 Å². The van der Waals surface area contributed by atoms with Gasteiger partial charge in [-0.3, -0.25) is 4.79 Å². The molecule has 0 spiro atoms. The van der Waals surface area contributed by atoms with Crippen LogP contribution in [0.1, 0.15) is 44.1 Å². The molecule has 1 aromatic carbocycles. The Morgan fingerprint density at radius 1 is 1.30 bits per heavy atom. The number of hydrogen-bond acceptors (Lipinski definition) is 3. The summed E-state index contributed by atoms with van der Waals surface area (Å²) >= 11 is 0. The Hall–Kier alpha value is -2.10. The lowest BCUT2D eigenvalue weighted by Gasteiger charge is -2.28. The molecule has 3 N–H and O–H groups in total. The number of carbonyl (C=O) groups is 1. The number of nitrogens with one attached hydrogen (secondary N) is 1. The molecule has 4 nitrogen and oxygen atoms in total. The minimum absolute atomic E-state index is 0.173. The van der Waals surface area contributed by atoms with Crippen molar-refractivity contribution in [1.29, 1.82) is 0 Å². The van der Waals surface area contributed by atoms with Crippen molar-refractivity contribution in [3.63, 3.8) is 0 Å². The third-order valence-corrected chi connectivity index (χ3v) is 3.96. The molecule has 0 bridgehead atoms. The van der Waals surface area contributed by atoms with Crippen LogP contribution in [0.4, 0.5) is 5.69 Å². The number of amides is 1. The highest BCUT2D eigenvalue weighted by molar-refractivity contribution is 5.99. The highest BCUT2D eigenvalue weighted by Crippen LogP contribution is 2.21. The summed E-state index contributed by atoms with van der Waals surface area (Å²) in [6, 6.07) is 9.20. The van der Waals surface area contributed by atoms with Gasteiger partial charge in [-0.05, 0) is 31.9 Å². The molecule has 20 heavy (non-hydrogen) atoms. The van der Waals surface area contributed by atoms with E-state index in [4.69, 9.17) is 5.73 Å². The molecule has 0 saturated heterocycles. The lowest BCUT2D eigenvalue weighted by molar-refractivity contribution is 0.0896. The van der Waals surface area contributed by atoms with E-state index < -0.39 is 0 Å². The number of nitrogens with two attached hydrogens (primary N) is 1. The van der Waals surface area contributed by atoms with Gasteiger partial charge in [-0.1, -0.05) is 32.0 Å². The average molecular weight is 271 g/mol. The van der Waals surface area contributed by atoms with E-state index >= 15 is 0 Å². The van der Waals surface area contributed by atoms with Crippen molar-refractivity contribution < 1.29 is 4.79 Å². The maximum absolute atomic E-state index is 12.3. The molecule has 106 valence electrons. The first-order valence-electron chi connectivity index (χ1n) is 6.97. The van der Waals surface area contributed by atoms with Gasteiger partial charge >= 0.3 is 0 Å². The molecular formula is C16H21N3O. The molecule has 0 saturated carbocycles. The summed E-state index contributed by atoms with van der Waals surface area (Å²) in [7, 11) is 0. The van der Waals surface area contributed by atoms with Crippen LogP contribution < -0.4 is 11.1 Å². The predicted molar refractivity (Wildman–Crippen MR) is 82.6 cm³/mol. The van der Waals surface area contributed by atoms with Crippen LogP contribution in [0.5, 0.6) is 0 Å². The van der Waals surface area contributed by atoms with Crippen LogP contribution >= 0.6 is 0 Å². The third kappa shape index (κ3) is 2.74. The smallest absolute Gasteiger partial charge is 0.270 e. The first-order valence-corrected chi connectivity index (χ1v) is 6.97. The number of rotatable bonds is 4. The van der Waals surface area contributed by atoms with E-state index in [1.807, 2.05) is 31.2 Å².